The van der Waals surface area contributed by atoms with Crippen molar-refractivity contribution in [2.24, 2.45) is 0 Å². The molecule has 2 aromatic carbocycles. The largest absolute Gasteiger partial charge is 0.504 e. The van der Waals surface area contributed by atoms with E-state index < -0.39 is 64.1 Å². The Bertz CT molecular complexity index is 1550. The molecule has 2 aromatic heterocycles. The highest BCUT2D eigenvalue weighted by molar-refractivity contribution is 5.85. The molecule has 1 unspecified atom stereocenters. The smallest absolute Gasteiger partial charge is 0.329 e. The molecule has 2 heterocycles. The summed E-state index contributed by atoms with van der Waals surface area (Å²) in [5.74, 6) is -5.59. The van der Waals surface area contributed by atoms with Gasteiger partial charge in [0.2, 0.25) is 5.91 Å². The number of hydrogen-bond donors (Lipinski definition) is 3. The van der Waals surface area contributed by atoms with E-state index in [1.165, 1.54) is 12.1 Å². The van der Waals surface area contributed by atoms with E-state index in [0.717, 1.165) is 30.5 Å². The second-order valence-electron chi connectivity index (χ2n) is 7.57. The highest BCUT2D eigenvalue weighted by Gasteiger charge is 2.27. The van der Waals surface area contributed by atoms with Gasteiger partial charge in [-0.3, -0.25) is 14.6 Å². The number of nitrogens with zero attached hydrogens (tertiary/aromatic N) is 2. The molecule has 0 aliphatic heterocycles. The maximum absolute atomic E-state index is 13.9. The lowest BCUT2D eigenvalue weighted by molar-refractivity contribution is -0.124. The number of aromatic nitrogens is 3. The third-order valence-corrected chi connectivity index (χ3v) is 5.29. The molecular weight excluding hydrogens is 472 g/mol. The Labute approximate surface area is 193 Å². The van der Waals surface area contributed by atoms with Gasteiger partial charge in [0, 0.05) is 12.5 Å². The summed E-state index contributed by atoms with van der Waals surface area (Å²) in [4.78, 5) is 44.9. The molecule has 4 rings (SSSR count). The Kier molecular flexibility index (Phi) is 6.36. The molecule has 0 radical (unpaired) electrons. The van der Waals surface area contributed by atoms with Crippen LogP contribution in [0.1, 0.15) is 17.3 Å². The molecule has 12 heteroatoms. The minimum atomic E-state index is -1.58. The first-order chi connectivity index (χ1) is 16.7. The van der Waals surface area contributed by atoms with Crippen LogP contribution in [0.4, 0.5) is 17.6 Å². The second-order valence-corrected chi connectivity index (χ2v) is 7.57. The number of amides is 1. The lowest BCUT2D eigenvalue weighted by Gasteiger charge is -2.19. The van der Waals surface area contributed by atoms with Gasteiger partial charge in [-0.25, -0.2) is 26.9 Å². The van der Waals surface area contributed by atoms with Crippen molar-refractivity contribution in [3.8, 4) is 5.75 Å². The summed E-state index contributed by atoms with van der Waals surface area (Å²) in [6.07, 6.45) is 0.451. The number of phenols is 1. The van der Waals surface area contributed by atoms with Gasteiger partial charge in [-0.15, -0.1) is 0 Å². The molecule has 3 N–H and O–H groups in total. The molecule has 0 spiro atoms. The Morgan fingerprint density at radius 2 is 1.74 bits per heavy atom. The number of phenolic OH excluding ortho intramolecular Hbond substituents is 1. The monoisotopic (exact) mass is 488 g/mol. The Morgan fingerprint density at radius 3 is 2.43 bits per heavy atom. The molecule has 1 atom stereocenters. The highest BCUT2D eigenvalue weighted by Crippen LogP contribution is 2.23. The third-order valence-electron chi connectivity index (χ3n) is 5.29. The number of benzene rings is 2. The summed E-state index contributed by atoms with van der Waals surface area (Å²) >= 11 is 0. The number of carbonyl (C=O) groups excluding carboxylic acids is 1. The molecule has 0 aliphatic carbocycles. The van der Waals surface area contributed by atoms with Gasteiger partial charge in [0.05, 0.1) is 24.0 Å². The lowest BCUT2D eigenvalue weighted by atomic mass is 10.0. The number of fused-ring (bicyclic) bond motifs is 1. The molecule has 0 saturated carbocycles. The predicted octanol–water partition coefficient (Wildman–Crippen LogP) is 2.45. The summed E-state index contributed by atoms with van der Waals surface area (Å²) in [7, 11) is 0. The van der Waals surface area contributed by atoms with E-state index in [4.69, 9.17) is 0 Å². The Balaban J connectivity index is 1.78. The minimum absolute atomic E-state index is 0.159. The molecule has 180 valence electrons. The van der Waals surface area contributed by atoms with Crippen LogP contribution in [0.5, 0.6) is 5.75 Å². The van der Waals surface area contributed by atoms with E-state index in [2.05, 4.69) is 15.3 Å². The van der Waals surface area contributed by atoms with Gasteiger partial charge in [0.1, 0.15) is 28.9 Å². The summed E-state index contributed by atoms with van der Waals surface area (Å²) in [5, 5.41) is 11.8. The molecular formula is C23H16F4N4O4. The van der Waals surface area contributed by atoms with Gasteiger partial charge in [0.15, 0.2) is 11.6 Å². The fourth-order valence-electron chi connectivity index (χ4n) is 3.56. The first-order valence-corrected chi connectivity index (χ1v) is 10.1. The first kappa shape index (κ1) is 23.7. The zero-order chi connectivity index (χ0) is 25.3. The number of aromatic hydroxyl groups is 1. The molecule has 8 nitrogen and oxygen atoms in total. The van der Waals surface area contributed by atoms with Gasteiger partial charge >= 0.3 is 5.69 Å². The maximum atomic E-state index is 13.9. The highest BCUT2D eigenvalue weighted by atomic mass is 19.1. The summed E-state index contributed by atoms with van der Waals surface area (Å²) < 4.78 is 54.8. The zero-order valence-corrected chi connectivity index (χ0v) is 17.7. The number of nitrogens with one attached hydrogen (secondary N) is 2. The fraction of sp³-hybridized carbons (Fsp3) is 0.130. The van der Waals surface area contributed by atoms with Gasteiger partial charge in [-0.05, 0) is 29.8 Å². The number of H-pyrrole nitrogens is 1. The molecule has 0 fully saturated rings. The van der Waals surface area contributed by atoms with E-state index in [9.17, 15) is 37.1 Å². The Hall–Kier alpha value is -4.48. The quantitative estimate of drug-likeness (QED) is 0.361. The van der Waals surface area contributed by atoms with E-state index in [1.807, 2.05) is 0 Å². The average Bonchev–Trinajstić information content (AvgIpc) is 2.81. The van der Waals surface area contributed by atoms with E-state index in [1.54, 1.807) is 0 Å². The lowest BCUT2D eigenvalue weighted by Crippen LogP contribution is -2.45. The van der Waals surface area contributed by atoms with Crippen LogP contribution in [-0.2, 0) is 17.8 Å². The average molecular weight is 488 g/mol. The Morgan fingerprint density at radius 1 is 1.03 bits per heavy atom. The van der Waals surface area contributed by atoms with Crippen molar-refractivity contribution in [3.05, 3.63) is 104 Å². The number of aromatic amines is 1. The van der Waals surface area contributed by atoms with Gasteiger partial charge in [-0.1, -0.05) is 12.1 Å². The van der Waals surface area contributed by atoms with Crippen molar-refractivity contribution >= 4 is 16.8 Å². The number of carbonyl (C=O) groups is 1. The zero-order valence-electron chi connectivity index (χ0n) is 17.7. The predicted molar refractivity (Wildman–Crippen MR) is 116 cm³/mol. The number of hydrogen-bond acceptors (Lipinski definition) is 5. The fourth-order valence-corrected chi connectivity index (χ4v) is 3.56. The van der Waals surface area contributed by atoms with Crippen molar-refractivity contribution < 1.29 is 27.5 Å². The minimum Gasteiger partial charge on any atom is -0.504 e. The van der Waals surface area contributed by atoms with Crippen LogP contribution in [0, 0.1) is 23.3 Å². The van der Waals surface area contributed by atoms with Crippen LogP contribution < -0.4 is 16.6 Å². The molecule has 1 amide bonds. The summed E-state index contributed by atoms with van der Waals surface area (Å²) in [5.41, 5.74) is -2.31. The molecule has 0 aliphatic rings. The standard InChI is InChI=1S/C23H16F4N4O4/c24-12-3-1-11(2-4-12)7-18(21(33)29-10-17-15(27)8-13(25)9-28-17)31-22(34)19-16(30-23(31)35)6-5-14(26)20(19)32/h1-6,8-9,18,32H,7,10H2,(H,29,33)(H,30,35). The van der Waals surface area contributed by atoms with E-state index in [-0.39, 0.29) is 17.6 Å². The van der Waals surface area contributed by atoms with Crippen molar-refractivity contribution in [3.63, 3.8) is 0 Å². The van der Waals surface area contributed by atoms with E-state index in [0.29, 0.717) is 16.2 Å². The number of halogens is 4. The third kappa shape index (κ3) is 4.76. The van der Waals surface area contributed by atoms with Gasteiger partial charge in [0.25, 0.3) is 5.56 Å². The van der Waals surface area contributed by atoms with Crippen LogP contribution in [0.25, 0.3) is 10.9 Å². The van der Waals surface area contributed by atoms with Crippen molar-refractivity contribution in [1.29, 1.82) is 0 Å². The molecule has 0 saturated heterocycles. The number of pyridine rings is 1. The molecule has 35 heavy (non-hydrogen) atoms. The summed E-state index contributed by atoms with van der Waals surface area (Å²) in [6, 6.07) is 5.79. The number of rotatable bonds is 6. The SMILES string of the molecule is O=C(NCc1ncc(F)cc1F)C(Cc1ccc(F)cc1)n1c(=O)[nH]c2ccc(F)c(O)c2c1=O. The topological polar surface area (TPSA) is 117 Å². The van der Waals surface area contributed by atoms with Crippen LogP contribution in [0.15, 0.2) is 58.3 Å². The maximum Gasteiger partial charge on any atom is 0.329 e. The first-order valence-electron chi connectivity index (χ1n) is 10.1. The molecule has 0 bridgehead atoms. The van der Waals surface area contributed by atoms with Crippen molar-refractivity contribution in [1.82, 2.24) is 19.9 Å². The van der Waals surface area contributed by atoms with Gasteiger partial charge in [-0.2, -0.15) is 0 Å². The van der Waals surface area contributed by atoms with Crippen LogP contribution in [0.2, 0.25) is 0 Å². The normalized spacial score (nSPS) is 12.0. The van der Waals surface area contributed by atoms with Gasteiger partial charge < -0.3 is 15.4 Å². The van der Waals surface area contributed by atoms with Crippen molar-refractivity contribution in [2.75, 3.05) is 0 Å². The van der Waals surface area contributed by atoms with Crippen LogP contribution in [-0.4, -0.2) is 25.5 Å². The van der Waals surface area contributed by atoms with E-state index >= 15 is 0 Å². The second kappa shape index (κ2) is 9.41. The summed E-state index contributed by atoms with van der Waals surface area (Å²) in [6.45, 7) is -0.509. The molecule has 4 aromatic rings. The van der Waals surface area contributed by atoms with Crippen LogP contribution >= 0.6 is 0 Å². The van der Waals surface area contributed by atoms with Crippen molar-refractivity contribution in [2.45, 2.75) is 19.0 Å². The van der Waals surface area contributed by atoms with Crippen LogP contribution in [0.3, 0.4) is 0 Å².